The molecule has 0 aliphatic heterocycles. The summed E-state index contributed by atoms with van der Waals surface area (Å²) in [4.78, 5) is 11.7. The lowest BCUT2D eigenvalue weighted by Crippen LogP contribution is -2.37. The van der Waals surface area contributed by atoms with E-state index in [2.05, 4.69) is 24.5 Å². The van der Waals surface area contributed by atoms with Crippen LogP contribution in [0.5, 0.6) is 5.75 Å². The molecule has 0 heterocycles. The van der Waals surface area contributed by atoms with Crippen molar-refractivity contribution in [3.05, 3.63) is 23.8 Å². The highest BCUT2D eigenvalue weighted by atomic mass is 16.6. The minimum absolute atomic E-state index is 0.000681. The van der Waals surface area contributed by atoms with Gasteiger partial charge in [0.15, 0.2) is 0 Å². The molecule has 0 radical (unpaired) electrons. The van der Waals surface area contributed by atoms with Gasteiger partial charge in [-0.1, -0.05) is 19.9 Å². The first-order chi connectivity index (χ1) is 11.1. The van der Waals surface area contributed by atoms with Gasteiger partial charge in [-0.15, -0.1) is 0 Å². The molecule has 136 valence electrons. The Morgan fingerprint density at radius 2 is 1.92 bits per heavy atom. The summed E-state index contributed by atoms with van der Waals surface area (Å²) in [6.45, 7) is 12.5. The number of phenolic OH excluding ortho intramolecular Hbond substituents is 1. The molecule has 1 rings (SSSR count). The first-order valence-corrected chi connectivity index (χ1v) is 8.62. The van der Waals surface area contributed by atoms with Gasteiger partial charge in [-0.05, 0) is 64.2 Å². The zero-order chi connectivity index (χ0) is 18.3. The maximum atomic E-state index is 11.7. The topological polar surface area (TPSA) is 70.6 Å². The second-order valence-electron chi connectivity index (χ2n) is 7.71. The number of alkyl carbamates (subject to hydrolysis) is 1. The lowest BCUT2D eigenvalue weighted by atomic mass is 10.1. The number of carbonyl (C=O) groups excluding carboxylic acids is 1. The molecule has 3 N–H and O–H groups in total. The first kappa shape index (κ1) is 20.1. The van der Waals surface area contributed by atoms with Crippen LogP contribution in [0, 0.1) is 5.92 Å². The van der Waals surface area contributed by atoms with Gasteiger partial charge in [-0.25, -0.2) is 4.79 Å². The highest BCUT2D eigenvalue weighted by Gasteiger charge is 2.17. The molecule has 0 saturated heterocycles. The Morgan fingerprint density at radius 3 is 2.46 bits per heavy atom. The van der Waals surface area contributed by atoms with Gasteiger partial charge in [-0.3, -0.25) is 0 Å². The Hall–Kier alpha value is -1.91. The quantitative estimate of drug-likeness (QED) is 0.649. The third-order valence-corrected chi connectivity index (χ3v) is 3.39. The second kappa shape index (κ2) is 8.81. The van der Waals surface area contributed by atoms with Gasteiger partial charge in [0.1, 0.15) is 11.4 Å². The standard InChI is InChI=1S/C19H32N2O3/c1-13(2)12-20-16-10-9-15(11-17(16)22)8-7-14(3)21-18(23)24-19(4,5)6/h9-11,13-14,20,22H,7-8,12H2,1-6H3,(H,21,23). The van der Waals surface area contributed by atoms with Crippen LogP contribution in [0.2, 0.25) is 0 Å². The molecule has 0 aliphatic carbocycles. The molecule has 1 aromatic rings. The van der Waals surface area contributed by atoms with Gasteiger partial charge in [0.25, 0.3) is 0 Å². The van der Waals surface area contributed by atoms with E-state index in [-0.39, 0.29) is 11.8 Å². The summed E-state index contributed by atoms with van der Waals surface area (Å²) in [7, 11) is 0. The van der Waals surface area contributed by atoms with Gasteiger partial charge >= 0.3 is 6.09 Å². The van der Waals surface area contributed by atoms with Crippen molar-refractivity contribution < 1.29 is 14.6 Å². The Kier molecular flexibility index (Phi) is 7.39. The van der Waals surface area contributed by atoms with Gasteiger partial charge in [-0.2, -0.15) is 0 Å². The molecule has 0 fully saturated rings. The van der Waals surface area contributed by atoms with E-state index in [0.29, 0.717) is 5.92 Å². The zero-order valence-electron chi connectivity index (χ0n) is 15.8. The summed E-state index contributed by atoms with van der Waals surface area (Å²) in [6, 6.07) is 5.69. The molecule has 0 aromatic heterocycles. The number of amides is 1. The Morgan fingerprint density at radius 1 is 1.25 bits per heavy atom. The lowest BCUT2D eigenvalue weighted by molar-refractivity contribution is 0.0506. The van der Waals surface area contributed by atoms with Gasteiger partial charge in [0.2, 0.25) is 0 Å². The monoisotopic (exact) mass is 336 g/mol. The summed E-state index contributed by atoms with van der Waals surface area (Å²) in [6.07, 6.45) is 1.15. The van der Waals surface area contributed by atoms with Crippen LogP contribution in [-0.2, 0) is 11.2 Å². The normalized spacial score (nSPS) is 12.8. The van der Waals surface area contributed by atoms with Crippen LogP contribution in [-0.4, -0.2) is 29.4 Å². The van der Waals surface area contributed by atoms with E-state index in [9.17, 15) is 9.90 Å². The molecular formula is C19H32N2O3. The van der Waals surface area contributed by atoms with Crippen molar-refractivity contribution in [2.45, 2.75) is 66.0 Å². The number of hydrogen-bond acceptors (Lipinski definition) is 4. The third kappa shape index (κ3) is 8.09. The van der Waals surface area contributed by atoms with Crippen molar-refractivity contribution in [3.8, 4) is 5.75 Å². The first-order valence-electron chi connectivity index (χ1n) is 8.62. The average Bonchev–Trinajstić information content (AvgIpc) is 2.41. The molecule has 1 atom stereocenters. The van der Waals surface area contributed by atoms with Crippen molar-refractivity contribution in [2.24, 2.45) is 5.92 Å². The van der Waals surface area contributed by atoms with E-state index in [1.807, 2.05) is 39.8 Å². The number of phenols is 1. The summed E-state index contributed by atoms with van der Waals surface area (Å²) in [5, 5.41) is 16.1. The molecule has 1 amide bonds. The van der Waals surface area contributed by atoms with Crippen molar-refractivity contribution in [3.63, 3.8) is 0 Å². The van der Waals surface area contributed by atoms with Crippen molar-refractivity contribution in [2.75, 3.05) is 11.9 Å². The number of aromatic hydroxyl groups is 1. The minimum Gasteiger partial charge on any atom is -0.506 e. The van der Waals surface area contributed by atoms with Gasteiger partial charge in [0.05, 0.1) is 5.69 Å². The SMILES string of the molecule is CC(C)CNc1ccc(CCC(C)NC(=O)OC(C)(C)C)cc1O. The Balaban J connectivity index is 2.46. The number of rotatable bonds is 7. The Labute approximate surface area is 145 Å². The predicted molar refractivity (Wildman–Crippen MR) is 98.6 cm³/mol. The highest BCUT2D eigenvalue weighted by molar-refractivity contribution is 5.68. The molecule has 0 aliphatic rings. The number of aryl methyl sites for hydroxylation is 1. The molecule has 1 aromatic carbocycles. The fourth-order valence-electron chi connectivity index (χ4n) is 2.16. The van der Waals surface area contributed by atoms with E-state index >= 15 is 0 Å². The zero-order valence-corrected chi connectivity index (χ0v) is 15.8. The summed E-state index contributed by atoms with van der Waals surface area (Å²) < 4.78 is 5.24. The van der Waals surface area contributed by atoms with E-state index in [1.165, 1.54) is 0 Å². The molecule has 5 nitrogen and oxygen atoms in total. The molecule has 1 unspecified atom stereocenters. The van der Waals surface area contributed by atoms with Crippen LogP contribution in [0.1, 0.15) is 53.5 Å². The number of nitrogens with one attached hydrogen (secondary N) is 2. The molecule has 0 bridgehead atoms. The Bertz CT molecular complexity index is 536. The van der Waals surface area contributed by atoms with Crippen molar-refractivity contribution in [1.29, 1.82) is 0 Å². The van der Waals surface area contributed by atoms with E-state index in [4.69, 9.17) is 4.74 Å². The lowest BCUT2D eigenvalue weighted by Gasteiger charge is -2.22. The fourth-order valence-corrected chi connectivity index (χ4v) is 2.16. The van der Waals surface area contributed by atoms with Crippen LogP contribution in [0.4, 0.5) is 10.5 Å². The van der Waals surface area contributed by atoms with Crippen LogP contribution in [0.3, 0.4) is 0 Å². The van der Waals surface area contributed by atoms with Crippen LogP contribution >= 0.6 is 0 Å². The van der Waals surface area contributed by atoms with Crippen LogP contribution in [0.15, 0.2) is 18.2 Å². The summed E-state index contributed by atoms with van der Waals surface area (Å²) in [5.41, 5.74) is 1.31. The maximum absolute atomic E-state index is 11.7. The predicted octanol–water partition coefficient (Wildman–Crippen LogP) is 4.31. The average molecular weight is 336 g/mol. The summed E-state index contributed by atoms with van der Waals surface area (Å²) >= 11 is 0. The van der Waals surface area contributed by atoms with Crippen LogP contribution < -0.4 is 10.6 Å². The highest BCUT2D eigenvalue weighted by Crippen LogP contribution is 2.25. The maximum Gasteiger partial charge on any atom is 0.407 e. The van der Waals surface area contributed by atoms with E-state index in [1.54, 1.807) is 6.07 Å². The van der Waals surface area contributed by atoms with Crippen LogP contribution in [0.25, 0.3) is 0 Å². The molecule has 5 heteroatoms. The third-order valence-electron chi connectivity index (χ3n) is 3.39. The molecule has 24 heavy (non-hydrogen) atoms. The number of carbonyl (C=O) groups is 1. The van der Waals surface area contributed by atoms with Gasteiger partial charge in [0, 0.05) is 12.6 Å². The minimum atomic E-state index is -0.492. The largest absolute Gasteiger partial charge is 0.506 e. The van der Waals surface area contributed by atoms with E-state index < -0.39 is 11.7 Å². The number of anilines is 1. The smallest absolute Gasteiger partial charge is 0.407 e. The fraction of sp³-hybridized carbons (Fsp3) is 0.632. The summed E-state index contributed by atoms with van der Waals surface area (Å²) in [5.74, 6) is 0.782. The molecule has 0 saturated carbocycles. The second-order valence-corrected chi connectivity index (χ2v) is 7.71. The number of hydrogen-bond donors (Lipinski definition) is 3. The van der Waals surface area contributed by atoms with Crippen molar-refractivity contribution in [1.82, 2.24) is 5.32 Å². The van der Waals surface area contributed by atoms with E-state index in [0.717, 1.165) is 30.6 Å². The number of ether oxygens (including phenoxy) is 1. The molecular weight excluding hydrogens is 304 g/mol. The van der Waals surface area contributed by atoms with Gasteiger partial charge < -0.3 is 20.5 Å². The molecule has 0 spiro atoms. The van der Waals surface area contributed by atoms with Crippen molar-refractivity contribution >= 4 is 11.8 Å². The number of benzene rings is 1.